The van der Waals surface area contributed by atoms with Crippen LogP contribution in [0.5, 0.6) is 0 Å². The van der Waals surface area contributed by atoms with Gasteiger partial charge in [-0.1, -0.05) is 24.3 Å². The first-order chi connectivity index (χ1) is 15.5. The van der Waals surface area contributed by atoms with Crippen LogP contribution < -0.4 is 0 Å². The van der Waals surface area contributed by atoms with Gasteiger partial charge in [-0.05, 0) is 73.6 Å². The van der Waals surface area contributed by atoms with E-state index in [0.29, 0.717) is 23.2 Å². The van der Waals surface area contributed by atoms with Gasteiger partial charge >= 0.3 is 0 Å². The van der Waals surface area contributed by atoms with Crippen molar-refractivity contribution in [3.63, 3.8) is 0 Å². The molecule has 3 aromatic carbocycles. The molecule has 5 rings (SSSR count). The van der Waals surface area contributed by atoms with Crippen molar-refractivity contribution in [1.29, 1.82) is 0 Å². The second kappa shape index (κ2) is 9.41. The van der Waals surface area contributed by atoms with Crippen LogP contribution in [-0.2, 0) is 0 Å². The Morgan fingerprint density at radius 3 is 2.03 bits per heavy atom. The van der Waals surface area contributed by atoms with Gasteiger partial charge < -0.3 is 0 Å². The van der Waals surface area contributed by atoms with Gasteiger partial charge in [0.05, 0.1) is 6.54 Å². The van der Waals surface area contributed by atoms with Crippen molar-refractivity contribution < 1.29 is 18.8 Å². The fraction of sp³-hybridized carbons (Fsp3) is 0.269. The Kier molecular flexibility index (Phi) is 6.58. The van der Waals surface area contributed by atoms with E-state index in [1.54, 1.807) is 12.1 Å². The van der Waals surface area contributed by atoms with Gasteiger partial charge in [-0.3, -0.25) is 24.2 Å². The molecule has 1 fully saturated rings. The highest BCUT2D eigenvalue weighted by Gasteiger charge is 2.34. The predicted octanol–water partition coefficient (Wildman–Crippen LogP) is 4.59. The molecule has 33 heavy (non-hydrogen) atoms. The maximum atomic E-state index is 13.1. The molecule has 2 aliphatic rings. The van der Waals surface area contributed by atoms with Crippen LogP contribution in [0.1, 0.15) is 43.9 Å². The Bertz CT molecular complexity index is 1170. The van der Waals surface area contributed by atoms with Gasteiger partial charge in [0, 0.05) is 28.6 Å². The van der Waals surface area contributed by atoms with E-state index in [9.17, 15) is 18.8 Å². The highest BCUT2D eigenvalue weighted by Crippen LogP contribution is 2.31. The third kappa shape index (κ3) is 4.41. The lowest BCUT2D eigenvalue weighted by molar-refractivity contribution is 0.0555. The summed E-state index contributed by atoms with van der Waals surface area (Å²) in [5.41, 5.74) is 1.67. The molecule has 1 saturated heterocycles. The van der Waals surface area contributed by atoms with Crippen molar-refractivity contribution in [2.24, 2.45) is 5.92 Å². The number of hydrogen-bond acceptors (Lipinski definition) is 4. The first kappa shape index (κ1) is 23.1. The van der Waals surface area contributed by atoms with Gasteiger partial charge in [0.25, 0.3) is 11.8 Å². The van der Waals surface area contributed by atoms with E-state index in [4.69, 9.17) is 0 Å². The van der Waals surface area contributed by atoms with Gasteiger partial charge in [0.15, 0.2) is 5.78 Å². The van der Waals surface area contributed by atoms with Gasteiger partial charge in [0.1, 0.15) is 5.82 Å². The minimum atomic E-state index is -0.358. The van der Waals surface area contributed by atoms with E-state index < -0.39 is 0 Å². The molecule has 0 N–H and O–H groups in total. The molecule has 0 spiro atoms. The Hall–Kier alpha value is -3.09. The molecular weight excluding hydrogens is 443 g/mol. The second-order valence-corrected chi connectivity index (χ2v) is 8.58. The van der Waals surface area contributed by atoms with Crippen LogP contribution in [0.2, 0.25) is 0 Å². The summed E-state index contributed by atoms with van der Waals surface area (Å²) >= 11 is 0. The van der Waals surface area contributed by atoms with E-state index in [0.717, 1.165) is 36.7 Å². The number of nitrogens with zero attached hydrogens (tertiary/aromatic N) is 2. The molecule has 0 aromatic heterocycles. The molecule has 0 atom stereocenters. The lowest BCUT2D eigenvalue weighted by atomic mass is 9.91. The molecule has 2 amide bonds. The Balaban J connectivity index is 0.00000259. The number of carbonyl (C=O) groups excluding carboxylic acids is 3. The quantitative estimate of drug-likeness (QED) is 0.407. The SMILES string of the molecule is Cl.O=C(CN1CCC(CN2C(=O)c3cccc4cccc(c34)C2=O)CC1)c1ccc(F)cc1. The summed E-state index contributed by atoms with van der Waals surface area (Å²) in [7, 11) is 0. The molecule has 170 valence electrons. The number of amides is 2. The van der Waals surface area contributed by atoms with E-state index >= 15 is 0 Å². The predicted molar refractivity (Wildman–Crippen MR) is 126 cm³/mol. The molecule has 7 heteroatoms. The number of benzene rings is 3. The van der Waals surface area contributed by atoms with Crippen LogP contribution in [0.4, 0.5) is 4.39 Å². The smallest absolute Gasteiger partial charge is 0.261 e. The average Bonchev–Trinajstić information content (AvgIpc) is 2.81. The average molecular weight is 467 g/mol. The Morgan fingerprint density at radius 2 is 1.45 bits per heavy atom. The van der Waals surface area contributed by atoms with Gasteiger partial charge in [-0.15, -0.1) is 12.4 Å². The number of Topliss-reactive ketones (excluding diaryl/α,β-unsaturated/α-hetero) is 1. The standard InChI is InChI=1S/C26H23FN2O3.ClH/c27-20-9-7-18(8-10-20)23(30)16-28-13-11-17(12-14-28)15-29-25(31)21-5-1-3-19-4-2-6-22(24(19)21)26(29)32;/h1-10,17H,11-16H2;1H. The number of carbonyl (C=O) groups is 3. The first-order valence-electron chi connectivity index (χ1n) is 10.9. The molecule has 0 saturated carbocycles. The van der Waals surface area contributed by atoms with E-state index in [1.165, 1.54) is 29.2 Å². The molecule has 0 bridgehead atoms. The zero-order valence-corrected chi connectivity index (χ0v) is 18.8. The number of piperidine rings is 1. The molecule has 5 nitrogen and oxygen atoms in total. The van der Waals surface area contributed by atoms with Crippen LogP contribution in [-0.4, -0.2) is 53.6 Å². The minimum absolute atomic E-state index is 0. The summed E-state index contributed by atoms with van der Waals surface area (Å²) < 4.78 is 13.1. The summed E-state index contributed by atoms with van der Waals surface area (Å²) in [6.07, 6.45) is 1.61. The van der Waals surface area contributed by atoms with Crippen LogP contribution in [0.25, 0.3) is 10.8 Å². The van der Waals surface area contributed by atoms with Crippen molar-refractivity contribution in [3.8, 4) is 0 Å². The summed E-state index contributed by atoms with van der Waals surface area (Å²) in [5, 5.41) is 1.65. The Labute approximate surface area is 197 Å². The van der Waals surface area contributed by atoms with Crippen LogP contribution in [0, 0.1) is 11.7 Å². The zero-order chi connectivity index (χ0) is 22.2. The molecule has 2 aliphatic heterocycles. The molecule has 3 aromatic rings. The first-order valence-corrected chi connectivity index (χ1v) is 10.9. The van der Waals surface area contributed by atoms with Crippen molar-refractivity contribution in [2.45, 2.75) is 12.8 Å². The fourth-order valence-corrected chi connectivity index (χ4v) is 4.76. The van der Waals surface area contributed by atoms with Crippen molar-refractivity contribution in [1.82, 2.24) is 9.80 Å². The summed E-state index contributed by atoms with van der Waals surface area (Å²) in [5.74, 6) is -0.649. The normalized spacial score (nSPS) is 16.7. The largest absolute Gasteiger partial charge is 0.296 e. The van der Waals surface area contributed by atoms with Gasteiger partial charge in [-0.2, -0.15) is 0 Å². The lowest BCUT2D eigenvalue weighted by Crippen LogP contribution is -2.46. The number of hydrogen-bond donors (Lipinski definition) is 0. The molecule has 0 radical (unpaired) electrons. The highest BCUT2D eigenvalue weighted by molar-refractivity contribution is 6.25. The molecular formula is C26H24ClFN2O3. The third-order valence-corrected chi connectivity index (χ3v) is 6.54. The summed E-state index contributed by atoms with van der Waals surface area (Å²) in [6.45, 7) is 2.12. The third-order valence-electron chi connectivity index (χ3n) is 6.54. The maximum absolute atomic E-state index is 13.1. The topological polar surface area (TPSA) is 57.7 Å². The highest BCUT2D eigenvalue weighted by atomic mass is 35.5. The Morgan fingerprint density at radius 1 is 0.879 bits per heavy atom. The number of ketones is 1. The summed E-state index contributed by atoms with van der Waals surface area (Å²) in [4.78, 5) is 42.1. The fourth-order valence-electron chi connectivity index (χ4n) is 4.76. The van der Waals surface area contributed by atoms with E-state index in [-0.39, 0.29) is 48.3 Å². The minimum Gasteiger partial charge on any atom is -0.296 e. The van der Waals surface area contributed by atoms with Crippen LogP contribution in [0.3, 0.4) is 0 Å². The van der Waals surface area contributed by atoms with Crippen molar-refractivity contribution >= 4 is 40.8 Å². The number of likely N-dealkylation sites (tertiary alicyclic amines) is 1. The van der Waals surface area contributed by atoms with Gasteiger partial charge in [-0.25, -0.2) is 4.39 Å². The van der Waals surface area contributed by atoms with Crippen LogP contribution in [0.15, 0.2) is 60.7 Å². The van der Waals surface area contributed by atoms with Crippen LogP contribution >= 0.6 is 12.4 Å². The number of rotatable bonds is 5. The van der Waals surface area contributed by atoms with E-state index in [2.05, 4.69) is 4.90 Å². The molecule has 2 heterocycles. The number of imide groups is 1. The van der Waals surface area contributed by atoms with Gasteiger partial charge in [0.2, 0.25) is 0 Å². The molecule has 0 aliphatic carbocycles. The second-order valence-electron chi connectivity index (χ2n) is 8.58. The number of halogens is 2. The molecule has 0 unspecified atom stereocenters. The van der Waals surface area contributed by atoms with Crippen molar-refractivity contribution in [2.75, 3.05) is 26.2 Å². The monoisotopic (exact) mass is 466 g/mol. The zero-order valence-electron chi connectivity index (χ0n) is 18.0. The van der Waals surface area contributed by atoms with Crippen molar-refractivity contribution in [3.05, 3.63) is 83.2 Å². The summed E-state index contributed by atoms with van der Waals surface area (Å²) in [6, 6.07) is 16.7. The van der Waals surface area contributed by atoms with E-state index in [1.807, 2.05) is 24.3 Å². The lowest BCUT2D eigenvalue weighted by Gasteiger charge is -2.35. The maximum Gasteiger partial charge on any atom is 0.261 e.